The second kappa shape index (κ2) is 9.47. The number of para-hydroxylation sites is 1. The van der Waals surface area contributed by atoms with Crippen LogP contribution in [0.2, 0.25) is 0 Å². The van der Waals surface area contributed by atoms with Gasteiger partial charge < -0.3 is 19.5 Å². The van der Waals surface area contributed by atoms with Crippen LogP contribution in [0.1, 0.15) is 18.1 Å². The maximum absolute atomic E-state index is 12.2. The molecule has 0 spiro atoms. The smallest absolute Gasteiger partial charge is 0.262 e. The van der Waals surface area contributed by atoms with Crippen LogP contribution in [0.4, 0.5) is 5.69 Å². The molecular formula is C20H25N3O4. The van der Waals surface area contributed by atoms with Gasteiger partial charge in [0.15, 0.2) is 11.5 Å². The minimum Gasteiger partial charge on any atom is -0.493 e. The Morgan fingerprint density at radius 3 is 2.26 bits per heavy atom. The van der Waals surface area contributed by atoms with Crippen molar-refractivity contribution in [2.75, 3.05) is 26.6 Å². The number of rotatable bonds is 8. The van der Waals surface area contributed by atoms with Crippen molar-refractivity contribution in [3.05, 3.63) is 47.5 Å². The summed E-state index contributed by atoms with van der Waals surface area (Å²) >= 11 is 0. The van der Waals surface area contributed by atoms with Crippen molar-refractivity contribution in [3.63, 3.8) is 0 Å². The number of carbonyl (C=O) groups is 1. The second-order valence-electron chi connectivity index (χ2n) is 5.87. The van der Waals surface area contributed by atoms with Crippen molar-refractivity contribution in [1.29, 1.82) is 0 Å². The number of aryl methyl sites for hydroxylation is 1. The number of amides is 1. The van der Waals surface area contributed by atoms with E-state index in [1.165, 1.54) is 13.3 Å². The van der Waals surface area contributed by atoms with Crippen molar-refractivity contribution in [1.82, 2.24) is 5.43 Å². The number of methoxy groups -OCH3 is 3. The van der Waals surface area contributed by atoms with E-state index in [9.17, 15) is 4.79 Å². The molecular weight excluding hydrogens is 346 g/mol. The van der Waals surface area contributed by atoms with Gasteiger partial charge in [0, 0.05) is 11.3 Å². The number of ether oxygens (including phenoxy) is 3. The highest BCUT2D eigenvalue weighted by Crippen LogP contribution is 2.37. The molecule has 0 radical (unpaired) electrons. The number of nitrogens with zero attached hydrogens (tertiary/aromatic N) is 1. The molecule has 0 aromatic heterocycles. The number of benzene rings is 2. The first-order valence-corrected chi connectivity index (χ1v) is 8.45. The second-order valence-corrected chi connectivity index (χ2v) is 5.87. The van der Waals surface area contributed by atoms with Gasteiger partial charge in [-0.3, -0.25) is 4.79 Å². The fraction of sp³-hybridized carbons (Fsp3) is 0.300. The molecule has 0 bridgehead atoms. The van der Waals surface area contributed by atoms with E-state index in [1.807, 2.05) is 31.2 Å². The summed E-state index contributed by atoms with van der Waals surface area (Å²) in [6.07, 6.45) is 1.52. The summed E-state index contributed by atoms with van der Waals surface area (Å²) in [7, 11) is 4.62. The lowest BCUT2D eigenvalue weighted by Crippen LogP contribution is -2.35. The number of hydrogen-bond acceptors (Lipinski definition) is 6. The Labute approximate surface area is 159 Å². The summed E-state index contributed by atoms with van der Waals surface area (Å²) in [5, 5.41) is 7.18. The van der Waals surface area contributed by atoms with Gasteiger partial charge in [-0.25, -0.2) is 5.43 Å². The van der Waals surface area contributed by atoms with Crippen molar-refractivity contribution in [2.45, 2.75) is 19.9 Å². The van der Waals surface area contributed by atoms with E-state index >= 15 is 0 Å². The number of carbonyl (C=O) groups excluding carboxylic acids is 1. The molecule has 1 amide bonds. The van der Waals surface area contributed by atoms with Crippen LogP contribution in [0.15, 0.2) is 41.5 Å². The lowest BCUT2D eigenvalue weighted by atomic mass is 10.2. The molecule has 1 unspecified atom stereocenters. The predicted molar refractivity (Wildman–Crippen MR) is 106 cm³/mol. The number of anilines is 1. The fourth-order valence-corrected chi connectivity index (χ4v) is 2.48. The van der Waals surface area contributed by atoms with Gasteiger partial charge in [0.2, 0.25) is 5.75 Å². The van der Waals surface area contributed by atoms with Crippen LogP contribution >= 0.6 is 0 Å². The topological polar surface area (TPSA) is 81.2 Å². The largest absolute Gasteiger partial charge is 0.493 e. The molecule has 2 aromatic rings. The van der Waals surface area contributed by atoms with E-state index in [4.69, 9.17) is 14.2 Å². The first-order chi connectivity index (χ1) is 13.0. The van der Waals surface area contributed by atoms with E-state index in [-0.39, 0.29) is 5.91 Å². The molecule has 0 aliphatic carbocycles. The normalized spacial score (nSPS) is 11.7. The zero-order valence-corrected chi connectivity index (χ0v) is 16.2. The number of nitrogens with one attached hydrogen (secondary N) is 2. The van der Waals surface area contributed by atoms with Crippen LogP contribution < -0.4 is 25.0 Å². The van der Waals surface area contributed by atoms with Crippen molar-refractivity contribution in [2.24, 2.45) is 5.10 Å². The van der Waals surface area contributed by atoms with Gasteiger partial charge in [-0.15, -0.1) is 0 Å². The Kier molecular flexibility index (Phi) is 7.05. The lowest BCUT2D eigenvalue weighted by molar-refractivity contribution is -0.121. The van der Waals surface area contributed by atoms with Crippen LogP contribution in [-0.4, -0.2) is 39.5 Å². The first kappa shape index (κ1) is 20.1. The lowest BCUT2D eigenvalue weighted by Gasteiger charge is -2.15. The Bertz CT molecular complexity index is 796. The Morgan fingerprint density at radius 1 is 1.07 bits per heavy atom. The zero-order chi connectivity index (χ0) is 19.8. The van der Waals surface area contributed by atoms with Gasteiger partial charge >= 0.3 is 0 Å². The number of hydrazone groups is 1. The molecule has 0 saturated carbocycles. The first-order valence-electron chi connectivity index (χ1n) is 8.45. The molecule has 1 atom stereocenters. The summed E-state index contributed by atoms with van der Waals surface area (Å²) in [5.74, 6) is 1.28. The molecule has 0 fully saturated rings. The summed E-state index contributed by atoms with van der Waals surface area (Å²) in [5.41, 5.74) is 5.21. The molecule has 0 aliphatic heterocycles. The molecule has 2 aromatic carbocycles. The van der Waals surface area contributed by atoms with E-state index in [2.05, 4.69) is 15.8 Å². The maximum Gasteiger partial charge on any atom is 0.262 e. The van der Waals surface area contributed by atoms with Gasteiger partial charge in [-0.05, 0) is 37.6 Å². The van der Waals surface area contributed by atoms with Gasteiger partial charge in [0.1, 0.15) is 6.04 Å². The molecule has 27 heavy (non-hydrogen) atoms. The van der Waals surface area contributed by atoms with E-state index in [0.29, 0.717) is 22.8 Å². The quantitative estimate of drug-likeness (QED) is 0.551. The summed E-state index contributed by atoms with van der Waals surface area (Å²) in [6.45, 7) is 3.76. The van der Waals surface area contributed by atoms with E-state index in [0.717, 1.165) is 11.3 Å². The molecule has 2 N–H and O–H groups in total. The van der Waals surface area contributed by atoms with Gasteiger partial charge in [0.25, 0.3) is 5.91 Å². The summed E-state index contributed by atoms with van der Waals surface area (Å²) in [6, 6.07) is 10.8. The van der Waals surface area contributed by atoms with Crippen LogP contribution in [0.5, 0.6) is 17.2 Å². The highest BCUT2D eigenvalue weighted by atomic mass is 16.5. The third kappa shape index (κ3) is 5.13. The minimum atomic E-state index is -0.441. The third-order valence-electron chi connectivity index (χ3n) is 3.99. The maximum atomic E-state index is 12.2. The molecule has 7 heteroatoms. The average molecular weight is 371 g/mol. The molecule has 0 saturated heterocycles. The molecule has 2 rings (SSSR count). The van der Waals surface area contributed by atoms with E-state index in [1.54, 1.807) is 33.3 Å². The van der Waals surface area contributed by atoms with Gasteiger partial charge in [-0.2, -0.15) is 5.10 Å². The Hall–Kier alpha value is -3.22. The van der Waals surface area contributed by atoms with Gasteiger partial charge in [-0.1, -0.05) is 18.2 Å². The monoisotopic (exact) mass is 371 g/mol. The van der Waals surface area contributed by atoms with Crippen LogP contribution in [-0.2, 0) is 4.79 Å². The Morgan fingerprint density at radius 2 is 1.70 bits per heavy atom. The fourth-order valence-electron chi connectivity index (χ4n) is 2.48. The zero-order valence-electron chi connectivity index (χ0n) is 16.2. The standard InChI is InChI=1S/C20H25N3O4/c1-13-8-6-7-9-16(13)22-14(2)20(24)23-21-12-15-10-17(25-3)19(27-5)18(11-15)26-4/h6-12,14,22H,1-5H3,(H,23,24). The molecule has 0 heterocycles. The van der Waals surface area contributed by atoms with Crippen LogP contribution in [0.3, 0.4) is 0 Å². The van der Waals surface area contributed by atoms with Crippen molar-refractivity contribution in [3.8, 4) is 17.2 Å². The van der Waals surface area contributed by atoms with Gasteiger partial charge in [0.05, 0.1) is 27.5 Å². The predicted octanol–water partition coefficient (Wildman–Crippen LogP) is 2.97. The minimum absolute atomic E-state index is 0.248. The highest BCUT2D eigenvalue weighted by Gasteiger charge is 2.14. The van der Waals surface area contributed by atoms with Crippen LogP contribution in [0.25, 0.3) is 0 Å². The summed E-state index contributed by atoms with van der Waals surface area (Å²) in [4.78, 5) is 12.2. The average Bonchev–Trinajstić information content (AvgIpc) is 2.68. The van der Waals surface area contributed by atoms with E-state index < -0.39 is 6.04 Å². The van der Waals surface area contributed by atoms with Crippen molar-refractivity contribution < 1.29 is 19.0 Å². The molecule has 0 aliphatic rings. The summed E-state index contributed by atoms with van der Waals surface area (Å²) < 4.78 is 15.9. The number of hydrogen-bond donors (Lipinski definition) is 2. The highest BCUT2D eigenvalue weighted by molar-refractivity contribution is 5.87. The third-order valence-corrected chi connectivity index (χ3v) is 3.99. The van der Waals surface area contributed by atoms with Crippen molar-refractivity contribution >= 4 is 17.8 Å². The Balaban J connectivity index is 2.04. The molecule has 7 nitrogen and oxygen atoms in total. The van der Waals surface area contributed by atoms with Crippen LogP contribution in [0, 0.1) is 6.92 Å². The SMILES string of the molecule is COc1cc(C=NNC(=O)C(C)Nc2ccccc2C)cc(OC)c1OC. The molecule has 144 valence electrons.